The lowest BCUT2D eigenvalue weighted by Gasteiger charge is -2.30. The molecule has 21 heavy (non-hydrogen) atoms. The number of carboxylic acids is 1. The van der Waals surface area contributed by atoms with Crippen molar-refractivity contribution in [2.45, 2.75) is 25.7 Å². The molecule has 1 saturated heterocycles. The molecule has 1 aromatic rings. The summed E-state index contributed by atoms with van der Waals surface area (Å²) in [6.45, 7) is 1.58. The number of benzene rings is 1. The molecule has 0 bridgehead atoms. The van der Waals surface area contributed by atoms with Gasteiger partial charge in [0.2, 0.25) is 0 Å². The molecule has 0 radical (unpaired) electrons. The van der Waals surface area contributed by atoms with Crippen LogP contribution in [0.25, 0.3) is 0 Å². The number of carboxylic acid groups (broad SMARTS) is 1. The Labute approximate surface area is 120 Å². The molecule has 0 saturated carbocycles. The first-order valence-electron chi connectivity index (χ1n) is 6.63. The highest BCUT2D eigenvalue weighted by molar-refractivity contribution is 5.70. The second-order valence-corrected chi connectivity index (χ2v) is 5.11. The number of alkyl halides is 3. The van der Waals surface area contributed by atoms with E-state index in [-0.39, 0.29) is 5.75 Å². The molecule has 1 aliphatic rings. The number of hydrogen-bond acceptors (Lipinski definition) is 3. The number of halogens is 3. The molecule has 0 amide bonds. The zero-order valence-corrected chi connectivity index (χ0v) is 11.3. The van der Waals surface area contributed by atoms with Gasteiger partial charge in [-0.2, -0.15) is 0 Å². The average molecular weight is 303 g/mol. The van der Waals surface area contributed by atoms with E-state index < -0.39 is 18.2 Å². The van der Waals surface area contributed by atoms with Gasteiger partial charge < -0.3 is 9.84 Å². The smallest absolute Gasteiger partial charge is 0.481 e. The maximum absolute atomic E-state index is 12.2. The molecule has 116 valence electrons. The number of hydrogen-bond donors (Lipinski definition) is 1. The quantitative estimate of drug-likeness (QED) is 0.929. The van der Waals surface area contributed by atoms with Gasteiger partial charge in [0.15, 0.2) is 0 Å². The summed E-state index contributed by atoms with van der Waals surface area (Å²) in [5.74, 6) is -1.49. The Kier molecular flexibility index (Phi) is 4.72. The molecule has 1 N–H and O–H groups in total. The van der Waals surface area contributed by atoms with Gasteiger partial charge in [-0.05, 0) is 37.1 Å². The summed E-state index contributed by atoms with van der Waals surface area (Å²) < 4.78 is 40.4. The fourth-order valence-electron chi connectivity index (χ4n) is 2.50. The van der Waals surface area contributed by atoms with Crippen molar-refractivity contribution >= 4 is 5.97 Å². The second-order valence-electron chi connectivity index (χ2n) is 5.11. The highest BCUT2D eigenvalue weighted by atomic mass is 19.4. The Balaban J connectivity index is 1.99. The van der Waals surface area contributed by atoms with Crippen LogP contribution in [0.4, 0.5) is 13.2 Å². The van der Waals surface area contributed by atoms with Crippen molar-refractivity contribution in [3.8, 4) is 5.75 Å². The normalized spacial score (nSPS) is 20.2. The average Bonchev–Trinajstić information content (AvgIpc) is 2.37. The van der Waals surface area contributed by atoms with Gasteiger partial charge in [-0.15, -0.1) is 13.2 Å². The topological polar surface area (TPSA) is 49.8 Å². The van der Waals surface area contributed by atoms with E-state index in [0.29, 0.717) is 25.1 Å². The Hall–Kier alpha value is -1.76. The summed E-state index contributed by atoms with van der Waals surface area (Å²) in [6.07, 6.45) is -3.29. The third kappa shape index (κ3) is 4.93. The van der Waals surface area contributed by atoms with Crippen molar-refractivity contribution in [1.29, 1.82) is 0 Å². The maximum atomic E-state index is 12.2. The van der Waals surface area contributed by atoms with Crippen LogP contribution >= 0.6 is 0 Å². The first-order chi connectivity index (χ1) is 9.83. The minimum Gasteiger partial charge on any atom is -0.481 e. The van der Waals surface area contributed by atoms with Crippen LogP contribution in [0.3, 0.4) is 0 Å². The molecule has 1 unspecified atom stereocenters. The molecule has 1 heterocycles. The highest BCUT2D eigenvalue weighted by Gasteiger charge is 2.31. The third-order valence-corrected chi connectivity index (χ3v) is 3.39. The van der Waals surface area contributed by atoms with Gasteiger partial charge >= 0.3 is 12.3 Å². The van der Waals surface area contributed by atoms with Crippen molar-refractivity contribution in [3.05, 3.63) is 29.8 Å². The van der Waals surface area contributed by atoms with Crippen LogP contribution in [0.5, 0.6) is 5.75 Å². The molecule has 0 aliphatic carbocycles. The lowest BCUT2D eigenvalue weighted by atomic mass is 9.98. The Bertz CT molecular complexity index is 504. The first kappa shape index (κ1) is 15.6. The molecule has 1 aromatic carbocycles. The summed E-state index contributed by atoms with van der Waals surface area (Å²) in [5, 5.41) is 9.02. The minimum absolute atomic E-state index is 0.258. The Morgan fingerprint density at radius 1 is 1.43 bits per heavy atom. The zero-order valence-electron chi connectivity index (χ0n) is 11.3. The van der Waals surface area contributed by atoms with Crippen LogP contribution in [0.1, 0.15) is 18.4 Å². The number of aliphatic carboxylic acids is 1. The standard InChI is InChI=1S/C14H16F3NO3/c15-14(16,17)21-12-5-1-3-10(7-12)8-18-6-2-4-11(9-18)13(19)20/h1,3,5,7,11H,2,4,6,8-9H2,(H,19,20). The first-order valence-corrected chi connectivity index (χ1v) is 6.63. The molecule has 0 aromatic heterocycles. The Morgan fingerprint density at radius 2 is 2.19 bits per heavy atom. The molecule has 2 rings (SSSR count). The van der Waals surface area contributed by atoms with Crippen LogP contribution in [0.15, 0.2) is 24.3 Å². The fourth-order valence-corrected chi connectivity index (χ4v) is 2.50. The van der Waals surface area contributed by atoms with Gasteiger partial charge in [0, 0.05) is 13.1 Å². The van der Waals surface area contributed by atoms with Crippen LogP contribution in [0, 0.1) is 5.92 Å². The summed E-state index contributed by atoms with van der Waals surface area (Å²) in [4.78, 5) is 12.9. The van der Waals surface area contributed by atoms with Gasteiger partial charge in [0.1, 0.15) is 5.75 Å². The molecule has 1 aliphatic heterocycles. The third-order valence-electron chi connectivity index (χ3n) is 3.39. The summed E-state index contributed by atoms with van der Waals surface area (Å²) >= 11 is 0. The van der Waals surface area contributed by atoms with Gasteiger partial charge in [0.05, 0.1) is 5.92 Å². The van der Waals surface area contributed by atoms with Gasteiger partial charge in [-0.25, -0.2) is 0 Å². The lowest BCUT2D eigenvalue weighted by molar-refractivity contribution is -0.274. The molecule has 0 spiro atoms. The van der Waals surface area contributed by atoms with Crippen LogP contribution in [-0.4, -0.2) is 35.4 Å². The van der Waals surface area contributed by atoms with Crippen molar-refractivity contribution in [1.82, 2.24) is 4.90 Å². The summed E-state index contributed by atoms with van der Waals surface area (Å²) in [6, 6.07) is 5.77. The zero-order chi connectivity index (χ0) is 15.5. The second kappa shape index (κ2) is 6.34. The van der Waals surface area contributed by atoms with E-state index >= 15 is 0 Å². The van der Waals surface area contributed by atoms with E-state index in [4.69, 9.17) is 5.11 Å². The van der Waals surface area contributed by atoms with E-state index in [1.54, 1.807) is 6.07 Å². The van der Waals surface area contributed by atoms with E-state index in [2.05, 4.69) is 4.74 Å². The summed E-state index contributed by atoms with van der Waals surface area (Å²) in [7, 11) is 0. The monoisotopic (exact) mass is 303 g/mol. The largest absolute Gasteiger partial charge is 0.573 e. The van der Waals surface area contributed by atoms with E-state index in [1.165, 1.54) is 18.2 Å². The number of rotatable bonds is 4. The van der Waals surface area contributed by atoms with Crippen molar-refractivity contribution < 1.29 is 27.8 Å². The minimum atomic E-state index is -4.71. The van der Waals surface area contributed by atoms with Gasteiger partial charge in [-0.1, -0.05) is 12.1 Å². The molecule has 1 atom stereocenters. The number of nitrogens with zero attached hydrogens (tertiary/aromatic N) is 1. The van der Waals surface area contributed by atoms with Crippen LogP contribution in [-0.2, 0) is 11.3 Å². The SMILES string of the molecule is O=C(O)C1CCCN(Cc2cccc(OC(F)(F)F)c2)C1. The maximum Gasteiger partial charge on any atom is 0.573 e. The lowest BCUT2D eigenvalue weighted by Crippen LogP contribution is -2.38. The van der Waals surface area contributed by atoms with Crippen molar-refractivity contribution in [3.63, 3.8) is 0 Å². The van der Waals surface area contributed by atoms with E-state index in [9.17, 15) is 18.0 Å². The predicted molar refractivity (Wildman–Crippen MR) is 68.8 cm³/mol. The van der Waals surface area contributed by atoms with Crippen molar-refractivity contribution in [2.75, 3.05) is 13.1 Å². The van der Waals surface area contributed by atoms with E-state index in [1.807, 2.05) is 4.90 Å². The van der Waals surface area contributed by atoms with Crippen molar-refractivity contribution in [2.24, 2.45) is 5.92 Å². The fraction of sp³-hybridized carbons (Fsp3) is 0.500. The van der Waals surface area contributed by atoms with Gasteiger partial charge in [-0.3, -0.25) is 9.69 Å². The van der Waals surface area contributed by atoms with Crippen LogP contribution < -0.4 is 4.74 Å². The number of likely N-dealkylation sites (tertiary alicyclic amines) is 1. The van der Waals surface area contributed by atoms with Crippen LogP contribution in [0.2, 0.25) is 0 Å². The number of piperidine rings is 1. The molecule has 7 heteroatoms. The Morgan fingerprint density at radius 3 is 2.86 bits per heavy atom. The molecular formula is C14H16F3NO3. The number of ether oxygens (including phenoxy) is 1. The molecular weight excluding hydrogens is 287 g/mol. The van der Waals surface area contributed by atoms with Gasteiger partial charge in [0.25, 0.3) is 0 Å². The molecule has 4 nitrogen and oxygen atoms in total. The molecule has 1 fully saturated rings. The highest BCUT2D eigenvalue weighted by Crippen LogP contribution is 2.25. The van der Waals surface area contributed by atoms with E-state index in [0.717, 1.165) is 13.0 Å². The predicted octanol–water partition coefficient (Wildman–Crippen LogP) is 2.88. The summed E-state index contributed by atoms with van der Waals surface area (Å²) in [5.41, 5.74) is 0.669. The number of carbonyl (C=O) groups is 1.